The third-order valence-corrected chi connectivity index (χ3v) is 5.01. The van der Waals surface area contributed by atoms with Crippen LogP contribution in [0.2, 0.25) is 0 Å². The Bertz CT molecular complexity index is 694. The largest absolute Gasteiger partial charge is 0.474 e. The quantitative estimate of drug-likeness (QED) is 0.746. The van der Waals surface area contributed by atoms with Gasteiger partial charge in [0.2, 0.25) is 5.88 Å². The molecule has 0 saturated heterocycles. The van der Waals surface area contributed by atoms with Crippen LogP contribution in [0.3, 0.4) is 0 Å². The fourth-order valence-corrected chi connectivity index (χ4v) is 3.48. The number of aldehydes is 1. The van der Waals surface area contributed by atoms with E-state index in [0.717, 1.165) is 35.9 Å². The molecule has 122 valence electrons. The van der Waals surface area contributed by atoms with Crippen molar-refractivity contribution >= 4 is 17.2 Å². The van der Waals surface area contributed by atoms with E-state index in [-0.39, 0.29) is 6.10 Å². The number of carbonyl (C=O) groups excluding carboxylic acids is 1. The molecule has 1 saturated carbocycles. The summed E-state index contributed by atoms with van der Waals surface area (Å²) in [7, 11) is 0. The molecular formula is C20H25NO2. The van der Waals surface area contributed by atoms with E-state index in [4.69, 9.17) is 4.74 Å². The van der Waals surface area contributed by atoms with Gasteiger partial charge in [-0.05, 0) is 61.3 Å². The standard InChI is InChI=1S/C20H25NO2/c1-20(2,3)16-6-8-17(9-7-16)23-19-11-5-15-12-14(13-22)4-10-18(15)21-19/h4-5,10-13,16-17H,6-9H2,1-3H3. The van der Waals surface area contributed by atoms with E-state index < -0.39 is 0 Å². The molecule has 2 aromatic rings. The van der Waals surface area contributed by atoms with Gasteiger partial charge in [0.25, 0.3) is 0 Å². The second-order valence-corrected chi connectivity index (χ2v) is 7.68. The predicted octanol–water partition coefficient (Wildman–Crippen LogP) is 5.03. The molecule has 1 fully saturated rings. The van der Waals surface area contributed by atoms with E-state index in [1.54, 1.807) is 6.07 Å². The maximum Gasteiger partial charge on any atom is 0.214 e. The molecule has 0 spiro atoms. The minimum atomic E-state index is 0.271. The van der Waals surface area contributed by atoms with E-state index in [1.165, 1.54) is 12.8 Å². The van der Waals surface area contributed by atoms with Crippen LogP contribution in [-0.2, 0) is 0 Å². The molecule has 3 heteroatoms. The van der Waals surface area contributed by atoms with Gasteiger partial charge in [0, 0.05) is 17.0 Å². The van der Waals surface area contributed by atoms with Crippen LogP contribution in [0.5, 0.6) is 5.88 Å². The van der Waals surface area contributed by atoms with Gasteiger partial charge >= 0.3 is 0 Å². The van der Waals surface area contributed by atoms with E-state index in [1.807, 2.05) is 24.3 Å². The van der Waals surface area contributed by atoms with Crippen LogP contribution in [0.4, 0.5) is 0 Å². The van der Waals surface area contributed by atoms with Gasteiger partial charge in [-0.1, -0.05) is 20.8 Å². The van der Waals surface area contributed by atoms with Gasteiger partial charge in [0.15, 0.2) is 0 Å². The highest BCUT2D eigenvalue weighted by Crippen LogP contribution is 2.38. The lowest BCUT2D eigenvalue weighted by Crippen LogP contribution is -2.30. The van der Waals surface area contributed by atoms with Crippen molar-refractivity contribution in [3.8, 4) is 5.88 Å². The molecule has 0 radical (unpaired) electrons. The Labute approximate surface area is 138 Å². The zero-order valence-corrected chi connectivity index (χ0v) is 14.2. The van der Waals surface area contributed by atoms with E-state index in [2.05, 4.69) is 25.8 Å². The lowest BCUT2D eigenvalue weighted by atomic mass is 9.72. The fraction of sp³-hybridized carbons (Fsp3) is 0.500. The Hall–Kier alpha value is -1.90. The number of nitrogens with zero attached hydrogens (tertiary/aromatic N) is 1. The van der Waals surface area contributed by atoms with E-state index >= 15 is 0 Å². The van der Waals surface area contributed by atoms with Crippen LogP contribution in [0.15, 0.2) is 30.3 Å². The maximum atomic E-state index is 10.8. The van der Waals surface area contributed by atoms with Crippen molar-refractivity contribution in [3.05, 3.63) is 35.9 Å². The van der Waals surface area contributed by atoms with Gasteiger partial charge in [-0.3, -0.25) is 4.79 Å². The summed E-state index contributed by atoms with van der Waals surface area (Å²) in [6.07, 6.45) is 5.79. The van der Waals surface area contributed by atoms with Gasteiger partial charge in [-0.25, -0.2) is 4.98 Å². The molecule has 0 N–H and O–H groups in total. The Morgan fingerprint density at radius 1 is 1.09 bits per heavy atom. The lowest BCUT2D eigenvalue weighted by Gasteiger charge is -2.36. The summed E-state index contributed by atoms with van der Waals surface area (Å²) in [6, 6.07) is 9.41. The Morgan fingerprint density at radius 3 is 2.48 bits per heavy atom. The number of benzene rings is 1. The van der Waals surface area contributed by atoms with E-state index in [0.29, 0.717) is 16.9 Å². The molecule has 0 bridgehead atoms. The van der Waals surface area contributed by atoms with Crippen LogP contribution >= 0.6 is 0 Å². The van der Waals surface area contributed by atoms with Crippen LogP contribution in [0, 0.1) is 11.3 Å². The van der Waals surface area contributed by atoms with Crippen LogP contribution in [-0.4, -0.2) is 17.4 Å². The average molecular weight is 311 g/mol. The molecular weight excluding hydrogens is 286 g/mol. The monoisotopic (exact) mass is 311 g/mol. The van der Waals surface area contributed by atoms with Gasteiger partial charge in [0.05, 0.1) is 5.52 Å². The highest BCUT2D eigenvalue weighted by molar-refractivity contribution is 5.86. The van der Waals surface area contributed by atoms with Gasteiger partial charge < -0.3 is 4.74 Å². The lowest BCUT2D eigenvalue weighted by molar-refractivity contribution is 0.0854. The number of hydrogen-bond acceptors (Lipinski definition) is 3. The summed E-state index contributed by atoms with van der Waals surface area (Å²) >= 11 is 0. The number of carbonyl (C=O) groups is 1. The first-order chi connectivity index (χ1) is 11.0. The van der Waals surface area contributed by atoms with E-state index in [9.17, 15) is 4.79 Å². The predicted molar refractivity (Wildman–Crippen MR) is 93.0 cm³/mol. The first kappa shape index (κ1) is 16.0. The van der Waals surface area contributed by atoms with Crippen molar-refractivity contribution < 1.29 is 9.53 Å². The normalized spacial score (nSPS) is 22.0. The highest BCUT2D eigenvalue weighted by atomic mass is 16.5. The topological polar surface area (TPSA) is 39.2 Å². The minimum Gasteiger partial charge on any atom is -0.474 e. The summed E-state index contributed by atoms with van der Waals surface area (Å²) in [5.74, 6) is 1.48. The highest BCUT2D eigenvalue weighted by Gasteiger charge is 2.30. The van der Waals surface area contributed by atoms with Crippen LogP contribution in [0.25, 0.3) is 10.9 Å². The zero-order chi connectivity index (χ0) is 16.4. The molecule has 1 aromatic heterocycles. The third kappa shape index (κ3) is 3.72. The number of hydrogen-bond donors (Lipinski definition) is 0. The van der Waals surface area contributed by atoms with Crippen molar-refractivity contribution in [2.24, 2.45) is 11.3 Å². The van der Waals surface area contributed by atoms with Crippen molar-refractivity contribution in [1.29, 1.82) is 0 Å². The first-order valence-corrected chi connectivity index (χ1v) is 8.48. The number of rotatable bonds is 3. The SMILES string of the molecule is CC(C)(C)C1CCC(Oc2ccc3cc(C=O)ccc3n2)CC1. The molecule has 0 unspecified atom stereocenters. The number of aromatic nitrogens is 1. The molecule has 0 atom stereocenters. The molecule has 1 heterocycles. The smallest absolute Gasteiger partial charge is 0.214 e. The number of fused-ring (bicyclic) bond motifs is 1. The van der Waals surface area contributed by atoms with Crippen LogP contribution < -0.4 is 4.74 Å². The molecule has 1 aliphatic rings. The molecule has 3 nitrogen and oxygen atoms in total. The second-order valence-electron chi connectivity index (χ2n) is 7.68. The molecule has 23 heavy (non-hydrogen) atoms. The summed E-state index contributed by atoms with van der Waals surface area (Å²) in [5, 5.41) is 0.971. The second kappa shape index (κ2) is 6.31. The summed E-state index contributed by atoms with van der Waals surface area (Å²) in [5.41, 5.74) is 1.94. The van der Waals surface area contributed by atoms with Gasteiger partial charge in [-0.15, -0.1) is 0 Å². The van der Waals surface area contributed by atoms with Crippen LogP contribution in [0.1, 0.15) is 56.8 Å². The van der Waals surface area contributed by atoms with Crippen molar-refractivity contribution in [2.75, 3.05) is 0 Å². The Kier molecular flexibility index (Phi) is 4.38. The molecule has 1 aliphatic carbocycles. The Balaban J connectivity index is 1.67. The fourth-order valence-electron chi connectivity index (χ4n) is 3.48. The molecule has 0 amide bonds. The number of ether oxygens (including phenoxy) is 1. The summed E-state index contributed by atoms with van der Waals surface area (Å²) in [4.78, 5) is 15.4. The zero-order valence-electron chi connectivity index (χ0n) is 14.2. The maximum absolute atomic E-state index is 10.8. The van der Waals surface area contributed by atoms with Crippen molar-refractivity contribution in [1.82, 2.24) is 4.98 Å². The summed E-state index contributed by atoms with van der Waals surface area (Å²) in [6.45, 7) is 6.99. The molecule has 0 aliphatic heterocycles. The van der Waals surface area contributed by atoms with Gasteiger partial charge in [-0.2, -0.15) is 0 Å². The summed E-state index contributed by atoms with van der Waals surface area (Å²) < 4.78 is 6.10. The molecule has 3 rings (SSSR count). The number of pyridine rings is 1. The van der Waals surface area contributed by atoms with Crippen molar-refractivity contribution in [3.63, 3.8) is 0 Å². The average Bonchev–Trinajstić information content (AvgIpc) is 2.54. The third-order valence-electron chi connectivity index (χ3n) is 5.01. The Morgan fingerprint density at radius 2 is 1.83 bits per heavy atom. The first-order valence-electron chi connectivity index (χ1n) is 8.48. The minimum absolute atomic E-state index is 0.271. The van der Waals surface area contributed by atoms with Crippen molar-refractivity contribution in [2.45, 2.75) is 52.6 Å². The molecule has 1 aromatic carbocycles. The van der Waals surface area contributed by atoms with Gasteiger partial charge in [0.1, 0.15) is 12.4 Å².